The topological polar surface area (TPSA) is 63.5 Å². The molecule has 0 aliphatic carbocycles. The maximum atomic E-state index is 5.41. The van der Waals surface area contributed by atoms with Crippen LogP contribution in [0, 0.1) is 0 Å². The van der Waals surface area contributed by atoms with Crippen LogP contribution in [0.4, 0.5) is 0 Å². The van der Waals surface area contributed by atoms with E-state index >= 15 is 0 Å². The van der Waals surface area contributed by atoms with E-state index in [-0.39, 0.29) is 0 Å². The zero-order valence-electron chi connectivity index (χ0n) is 17.1. The van der Waals surface area contributed by atoms with Gasteiger partial charge in [0, 0.05) is 45.5 Å². The van der Waals surface area contributed by atoms with Gasteiger partial charge in [0.1, 0.15) is 11.6 Å². The van der Waals surface area contributed by atoms with E-state index in [4.69, 9.17) is 4.74 Å². The van der Waals surface area contributed by atoms with Crippen LogP contribution in [0.3, 0.4) is 0 Å². The van der Waals surface area contributed by atoms with Gasteiger partial charge in [0.15, 0.2) is 5.96 Å². The number of aromatic nitrogens is 2. The van der Waals surface area contributed by atoms with Crippen LogP contribution in [-0.4, -0.2) is 42.8 Å². The number of para-hydroxylation sites is 1. The van der Waals surface area contributed by atoms with E-state index in [1.807, 2.05) is 36.7 Å². The zero-order chi connectivity index (χ0) is 20.3. The Labute approximate surface area is 172 Å². The van der Waals surface area contributed by atoms with Gasteiger partial charge in [0.2, 0.25) is 0 Å². The molecule has 0 radical (unpaired) electrons. The third-order valence-electron chi connectivity index (χ3n) is 4.74. The highest BCUT2D eigenvalue weighted by Crippen LogP contribution is 2.17. The minimum Gasteiger partial charge on any atom is -0.496 e. The van der Waals surface area contributed by atoms with Gasteiger partial charge in [-0.1, -0.05) is 48.5 Å². The Morgan fingerprint density at radius 1 is 1.00 bits per heavy atom. The summed E-state index contributed by atoms with van der Waals surface area (Å²) in [4.78, 5) is 8.81. The van der Waals surface area contributed by atoms with Crippen LogP contribution < -0.4 is 15.4 Å². The smallest absolute Gasteiger partial charge is 0.191 e. The fourth-order valence-corrected chi connectivity index (χ4v) is 3.23. The second kappa shape index (κ2) is 10.9. The lowest BCUT2D eigenvalue weighted by Gasteiger charge is -2.13. The van der Waals surface area contributed by atoms with E-state index < -0.39 is 0 Å². The molecule has 3 rings (SSSR count). The van der Waals surface area contributed by atoms with E-state index in [1.54, 1.807) is 14.2 Å². The van der Waals surface area contributed by atoms with Gasteiger partial charge in [-0.2, -0.15) is 0 Å². The van der Waals surface area contributed by atoms with Crippen molar-refractivity contribution < 1.29 is 4.74 Å². The largest absolute Gasteiger partial charge is 0.496 e. The number of rotatable bonds is 9. The molecule has 2 aromatic carbocycles. The predicted molar refractivity (Wildman–Crippen MR) is 118 cm³/mol. The van der Waals surface area contributed by atoms with Crippen LogP contribution in [0.1, 0.15) is 17.0 Å². The number of nitrogens with zero attached hydrogens (tertiary/aromatic N) is 3. The number of ether oxygens (including phenoxy) is 1. The molecule has 0 aliphatic rings. The Bertz CT molecular complexity index is 904. The number of hydrogen-bond donors (Lipinski definition) is 2. The molecule has 0 spiro atoms. The van der Waals surface area contributed by atoms with Crippen molar-refractivity contribution in [3.8, 4) is 5.75 Å². The molecule has 3 aromatic rings. The van der Waals surface area contributed by atoms with Gasteiger partial charge in [0.25, 0.3) is 0 Å². The molecule has 0 saturated heterocycles. The van der Waals surface area contributed by atoms with Gasteiger partial charge < -0.3 is 19.9 Å². The minimum atomic E-state index is 0.764. The average Bonchev–Trinajstić information content (AvgIpc) is 3.20. The number of nitrogens with one attached hydrogen (secondary N) is 2. The van der Waals surface area contributed by atoms with Crippen molar-refractivity contribution in [3.05, 3.63) is 83.9 Å². The molecular formula is C23H29N5O. The summed E-state index contributed by atoms with van der Waals surface area (Å²) in [5.41, 5.74) is 2.45. The second-order valence-electron chi connectivity index (χ2n) is 6.69. The molecule has 0 bridgehead atoms. The summed E-state index contributed by atoms with van der Waals surface area (Å²) < 4.78 is 7.60. The van der Waals surface area contributed by atoms with Gasteiger partial charge in [-0.05, 0) is 23.6 Å². The van der Waals surface area contributed by atoms with E-state index in [2.05, 4.69) is 55.5 Å². The first-order valence-corrected chi connectivity index (χ1v) is 9.90. The molecule has 2 N–H and O–H groups in total. The van der Waals surface area contributed by atoms with Gasteiger partial charge in [-0.3, -0.25) is 4.99 Å². The molecule has 1 heterocycles. The van der Waals surface area contributed by atoms with Crippen LogP contribution in [0.5, 0.6) is 5.75 Å². The maximum Gasteiger partial charge on any atom is 0.191 e. The Kier molecular flexibility index (Phi) is 7.69. The summed E-state index contributed by atoms with van der Waals surface area (Å²) in [6.07, 6.45) is 5.58. The fraction of sp³-hybridized carbons (Fsp3) is 0.304. The van der Waals surface area contributed by atoms with Crippen molar-refractivity contribution >= 4 is 5.96 Å². The van der Waals surface area contributed by atoms with E-state index in [0.717, 1.165) is 50.0 Å². The summed E-state index contributed by atoms with van der Waals surface area (Å²) in [6.45, 7) is 2.38. The summed E-state index contributed by atoms with van der Waals surface area (Å²) in [6, 6.07) is 18.5. The lowest BCUT2D eigenvalue weighted by atomic mass is 10.1. The normalized spacial score (nSPS) is 11.3. The summed E-state index contributed by atoms with van der Waals surface area (Å²) >= 11 is 0. The van der Waals surface area contributed by atoms with Gasteiger partial charge in [-0.25, -0.2) is 4.98 Å². The standard InChI is InChI=1S/C23H29N5O/c1-24-23(26-14-12-20-10-6-7-11-21(20)29-2)27-15-13-22-25-16-17-28(22)18-19-8-4-3-5-9-19/h3-11,16-17H,12-15,18H2,1-2H3,(H2,24,26,27). The number of guanidine groups is 1. The van der Waals surface area contributed by atoms with Crippen molar-refractivity contribution in [1.29, 1.82) is 0 Å². The van der Waals surface area contributed by atoms with Crippen molar-refractivity contribution in [1.82, 2.24) is 20.2 Å². The quantitative estimate of drug-likeness (QED) is 0.435. The van der Waals surface area contributed by atoms with Crippen LogP contribution >= 0.6 is 0 Å². The lowest BCUT2D eigenvalue weighted by molar-refractivity contribution is 0.409. The first-order chi connectivity index (χ1) is 14.3. The average molecular weight is 392 g/mol. The molecule has 0 amide bonds. The second-order valence-corrected chi connectivity index (χ2v) is 6.69. The Balaban J connectivity index is 1.44. The fourth-order valence-electron chi connectivity index (χ4n) is 3.23. The Morgan fingerprint density at radius 3 is 2.48 bits per heavy atom. The summed E-state index contributed by atoms with van der Waals surface area (Å²) in [5, 5.41) is 6.73. The number of imidazole rings is 1. The number of benzene rings is 2. The van der Waals surface area contributed by atoms with Crippen molar-refractivity contribution in [3.63, 3.8) is 0 Å². The number of aliphatic imine (C=N–C) groups is 1. The Morgan fingerprint density at radius 2 is 1.72 bits per heavy atom. The van der Waals surface area contributed by atoms with Crippen LogP contribution in [-0.2, 0) is 19.4 Å². The molecule has 0 saturated carbocycles. The molecule has 152 valence electrons. The number of hydrogen-bond acceptors (Lipinski definition) is 3. The maximum absolute atomic E-state index is 5.41. The first-order valence-electron chi connectivity index (χ1n) is 9.90. The zero-order valence-corrected chi connectivity index (χ0v) is 17.1. The molecule has 1 aromatic heterocycles. The lowest BCUT2D eigenvalue weighted by Crippen LogP contribution is -2.39. The summed E-state index contributed by atoms with van der Waals surface area (Å²) in [7, 11) is 3.49. The number of methoxy groups -OCH3 is 1. The van der Waals surface area contributed by atoms with E-state index in [1.165, 1.54) is 11.1 Å². The molecule has 0 aliphatic heterocycles. The SMILES string of the molecule is CN=C(NCCc1ccccc1OC)NCCc1nccn1Cc1ccccc1. The minimum absolute atomic E-state index is 0.764. The van der Waals surface area contributed by atoms with Crippen LogP contribution in [0.25, 0.3) is 0 Å². The molecule has 0 atom stereocenters. The first kappa shape index (κ1) is 20.5. The predicted octanol–water partition coefficient (Wildman–Crippen LogP) is 2.89. The highest BCUT2D eigenvalue weighted by Gasteiger charge is 2.05. The van der Waals surface area contributed by atoms with Crippen LogP contribution in [0.15, 0.2) is 72.0 Å². The van der Waals surface area contributed by atoms with Crippen molar-refractivity contribution in [2.75, 3.05) is 27.2 Å². The molecular weight excluding hydrogens is 362 g/mol. The van der Waals surface area contributed by atoms with E-state index in [9.17, 15) is 0 Å². The van der Waals surface area contributed by atoms with Gasteiger partial charge in [0.05, 0.1) is 7.11 Å². The molecule has 6 nitrogen and oxygen atoms in total. The third-order valence-corrected chi connectivity index (χ3v) is 4.74. The monoisotopic (exact) mass is 391 g/mol. The molecule has 0 unspecified atom stereocenters. The third kappa shape index (κ3) is 6.10. The van der Waals surface area contributed by atoms with E-state index in [0.29, 0.717) is 0 Å². The van der Waals surface area contributed by atoms with Crippen molar-refractivity contribution in [2.24, 2.45) is 4.99 Å². The highest BCUT2D eigenvalue weighted by molar-refractivity contribution is 5.79. The molecule has 29 heavy (non-hydrogen) atoms. The van der Waals surface area contributed by atoms with Gasteiger partial charge >= 0.3 is 0 Å². The van der Waals surface area contributed by atoms with Crippen LogP contribution in [0.2, 0.25) is 0 Å². The van der Waals surface area contributed by atoms with Gasteiger partial charge in [-0.15, -0.1) is 0 Å². The Hall–Kier alpha value is -3.28. The molecule has 6 heteroatoms. The highest BCUT2D eigenvalue weighted by atomic mass is 16.5. The molecule has 0 fully saturated rings. The van der Waals surface area contributed by atoms with Crippen molar-refractivity contribution in [2.45, 2.75) is 19.4 Å². The summed E-state index contributed by atoms with van der Waals surface area (Å²) in [5.74, 6) is 2.77.